The van der Waals surface area contributed by atoms with E-state index in [0.717, 1.165) is 0 Å². The molecule has 0 aliphatic carbocycles. The van der Waals surface area contributed by atoms with Crippen LogP contribution in [0.3, 0.4) is 0 Å². The van der Waals surface area contributed by atoms with E-state index in [2.05, 4.69) is 4.18 Å². The van der Waals surface area contributed by atoms with Crippen molar-refractivity contribution < 1.29 is 45.1 Å². The van der Waals surface area contributed by atoms with Crippen LogP contribution in [0.1, 0.15) is 16.8 Å². The predicted molar refractivity (Wildman–Crippen MR) is 72.1 cm³/mol. The lowest BCUT2D eigenvalue weighted by Gasteiger charge is -2.14. The first-order chi connectivity index (χ1) is 11.1. The summed E-state index contributed by atoms with van der Waals surface area (Å²) >= 11 is 0. The Labute approximate surface area is 135 Å². The number of carbonyl (C=O) groups is 1. The minimum atomic E-state index is -5.86. The molecule has 134 valence electrons. The van der Waals surface area contributed by atoms with Gasteiger partial charge in [-0.3, -0.25) is 4.18 Å². The van der Waals surface area contributed by atoms with Crippen molar-refractivity contribution in [2.75, 3.05) is 6.61 Å². The quantitative estimate of drug-likeness (QED) is 0.472. The summed E-state index contributed by atoms with van der Waals surface area (Å²) in [6, 6.07) is 7.90. The van der Waals surface area contributed by atoms with Crippen LogP contribution in [0.25, 0.3) is 0 Å². The van der Waals surface area contributed by atoms with E-state index in [4.69, 9.17) is 9.47 Å². The summed E-state index contributed by atoms with van der Waals surface area (Å²) in [5.74, 6) is -0.694. The second kappa shape index (κ2) is 7.05. The molecular formula is C13H13F3O7S. The first-order valence-corrected chi connectivity index (χ1v) is 8.06. The van der Waals surface area contributed by atoms with E-state index < -0.39 is 46.5 Å². The van der Waals surface area contributed by atoms with Gasteiger partial charge >= 0.3 is 21.6 Å². The summed E-state index contributed by atoms with van der Waals surface area (Å²) in [6.45, 7) is -0.378. The van der Waals surface area contributed by atoms with Crippen molar-refractivity contribution in [2.45, 2.75) is 30.4 Å². The highest BCUT2D eigenvalue weighted by molar-refractivity contribution is 7.87. The Hall–Kier alpha value is -1.69. The minimum Gasteiger partial charge on any atom is -0.459 e. The number of halogens is 3. The van der Waals surface area contributed by atoms with Crippen LogP contribution >= 0.6 is 0 Å². The minimum absolute atomic E-state index is 0.253. The van der Waals surface area contributed by atoms with Crippen molar-refractivity contribution in [1.29, 1.82) is 0 Å². The Morgan fingerprint density at radius 2 is 1.92 bits per heavy atom. The second-order valence-electron chi connectivity index (χ2n) is 4.88. The molecule has 0 amide bonds. The molecule has 1 N–H and O–H groups in total. The second-order valence-corrected chi connectivity index (χ2v) is 6.45. The fourth-order valence-corrected chi connectivity index (χ4v) is 2.56. The molecule has 1 saturated heterocycles. The molecule has 1 aromatic carbocycles. The van der Waals surface area contributed by atoms with Gasteiger partial charge in [0.2, 0.25) is 0 Å². The summed E-state index contributed by atoms with van der Waals surface area (Å²) < 4.78 is 72.2. The molecule has 1 fully saturated rings. The van der Waals surface area contributed by atoms with Crippen molar-refractivity contribution in [3.05, 3.63) is 35.9 Å². The van der Waals surface area contributed by atoms with E-state index >= 15 is 0 Å². The average molecular weight is 370 g/mol. The molecule has 1 aliphatic heterocycles. The number of benzene rings is 1. The van der Waals surface area contributed by atoms with Crippen molar-refractivity contribution >= 4 is 16.1 Å². The zero-order valence-electron chi connectivity index (χ0n) is 12.0. The molecule has 0 radical (unpaired) electrons. The van der Waals surface area contributed by atoms with Gasteiger partial charge in [0, 0.05) is 6.42 Å². The smallest absolute Gasteiger partial charge is 0.459 e. The number of aliphatic hydroxyl groups is 1. The Morgan fingerprint density at radius 3 is 2.50 bits per heavy atom. The lowest BCUT2D eigenvalue weighted by molar-refractivity contribution is -0.132. The third-order valence-electron chi connectivity index (χ3n) is 3.09. The number of hydrogen-bond donors (Lipinski definition) is 1. The van der Waals surface area contributed by atoms with Crippen LogP contribution in [0, 0.1) is 0 Å². The largest absolute Gasteiger partial charge is 0.523 e. The fourth-order valence-electron chi connectivity index (χ4n) is 1.95. The van der Waals surface area contributed by atoms with E-state index in [9.17, 15) is 31.5 Å². The molecule has 2 rings (SSSR count). The van der Waals surface area contributed by atoms with Crippen molar-refractivity contribution in [3.8, 4) is 0 Å². The van der Waals surface area contributed by atoms with E-state index in [1.54, 1.807) is 18.2 Å². The zero-order chi connectivity index (χ0) is 18.0. The zero-order valence-corrected chi connectivity index (χ0v) is 12.8. The number of ether oxygens (including phenoxy) is 2. The molecule has 1 aromatic rings. The molecule has 1 aliphatic rings. The van der Waals surface area contributed by atoms with Gasteiger partial charge in [-0.05, 0) is 12.1 Å². The third-order valence-corrected chi connectivity index (χ3v) is 4.16. The SMILES string of the molecule is O=C(OC[C@@H]1C[C@H](OS(=O)(=O)C(F)(F)F)[C@H](O)O1)c1ccccc1. The van der Waals surface area contributed by atoms with E-state index in [1.165, 1.54) is 12.1 Å². The number of esters is 1. The van der Waals surface area contributed by atoms with Crippen LogP contribution in [-0.4, -0.2) is 50.1 Å². The van der Waals surface area contributed by atoms with Gasteiger partial charge in [-0.2, -0.15) is 21.6 Å². The standard InChI is InChI=1S/C13H13F3O7S/c14-13(15,16)24(19,20)23-10-6-9(22-12(10)18)7-21-11(17)8-4-2-1-3-5-8/h1-5,9-10,12,18H,6-7H2/t9-,10-,12+/m0/s1. The van der Waals surface area contributed by atoms with Crippen LogP contribution in [0.2, 0.25) is 0 Å². The molecule has 1 heterocycles. The molecule has 11 heteroatoms. The van der Waals surface area contributed by atoms with Crippen LogP contribution in [0.5, 0.6) is 0 Å². The average Bonchev–Trinajstić information content (AvgIpc) is 2.84. The highest BCUT2D eigenvalue weighted by Gasteiger charge is 2.51. The van der Waals surface area contributed by atoms with Crippen LogP contribution in [0.15, 0.2) is 30.3 Å². The lowest BCUT2D eigenvalue weighted by atomic mass is 10.2. The molecule has 24 heavy (non-hydrogen) atoms. The molecular weight excluding hydrogens is 357 g/mol. The Balaban J connectivity index is 1.89. The van der Waals surface area contributed by atoms with Crippen molar-refractivity contribution in [3.63, 3.8) is 0 Å². The Morgan fingerprint density at radius 1 is 1.29 bits per heavy atom. The topological polar surface area (TPSA) is 99.1 Å². The molecule has 0 bridgehead atoms. The third kappa shape index (κ3) is 4.44. The lowest BCUT2D eigenvalue weighted by Crippen LogP contribution is -2.33. The summed E-state index contributed by atoms with van der Waals surface area (Å²) in [6.07, 6.45) is -5.01. The number of carbonyl (C=O) groups excluding carboxylic acids is 1. The van der Waals surface area contributed by atoms with E-state index in [0.29, 0.717) is 0 Å². The van der Waals surface area contributed by atoms with Gasteiger partial charge in [0.1, 0.15) is 12.7 Å². The molecule has 3 atom stereocenters. The van der Waals surface area contributed by atoms with Gasteiger partial charge in [-0.15, -0.1) is 0 Å². The predicted octanol–water partition coefficient (Wildman–Crippen LogP) is 1.19. The number of hydrogen-bond acceptors (Lipinski definition) is 7. The maximum atomic E-state index is 12.2. The Kier molecular flexibility index (Phi) is 5.48. The first-order valence-electron chi connectivity index (χ1n) is 6.65. The molecule has 7 nitrogen and oxygen atoms in total. The summed E-state index contributed by atoms with van der Waals surface area (Å²) in [4.78, 5) is 11.7. The first kappa shape index (κ1) is 18.6. The van der Waals surface area contributed by atoms with Gasteiger partial charge < -0.3 is 14.6 Å². The fraction of sp³-hybridized carbons (Fsp3) is 0.462. The van der Waals surface area contributed by atoms with Crippen LogP contribution in [-0.2, 0) is 23.8 Å². The van der Waals surface area contributed by atoms with Gasteiger partial charge in [0.15, 0.2) is 6.29 Å². The van der Waals surface area contributed by atoms with E-state index in [1.807, 2.05) is 0 Å². The summed E-state index contributed by atoms with van der Waals surface area (Å²) in [7, 11) is -5.86. The van der Waals surface area contributed by atoms with Crippen LogP contribution in [0.4, 0.5) is 13.2 Å². The van der Waals surface area contributed by atoms with Crippen molar-refractivity contribution in [1.82, 2.24) is 0 Å². The van der Waals surface area contributed by atoms with E-state index in [-0.39, 0.29) is 12.2 Å². The van der Waals surface area contributed by atoms with Gasteiger partial charge in [0.25, 0.3) is 0 Å². The number of aliphatic hydroxyl groups excluding tert-OH is 1. The normalized spacial score (nSPS) is 24.8. The van der Waals surface area contributed by atoms with Gasteiger partial charge in [-0.25, -0.2) is 4.79 Å². The Bertz CT molecular complexity index is 675. The summed E-state index contributed by atoms with van der Waals surface area (Å²) in [5, 5.41) is 9.45. The van der Waals surface area contributed by atoms with Crippen molar-refractivity contribution in [2.24, 2.45) is 0 Å². The molecule has 0 saturated carbocycles. The molecule has 0 unspecified atom stereocenters. The maximum Gasteiger partial charge on any atom is 0.523 e. The maximum absolute atomic E-state index is 12.2. The highest BCUT2D eigenvalue weighted by atomic mass is 32.2. The summed E-state index contributed by atoms with van der Waals surface area (Å²) in [5.41, 5.74) is -5.35. The van der Waals surface area contributed by atoms with Gasteiger partial charge in [-0.1, -0.05) is 18.2 Å². The number of alkyl halides is 3. The van der Waals surface area contributed by atoms with Crippen LogP contribution < -0.4 is 0 Å². The molecule has 0 spiro atoms. The molecule has 0 aromatic heterocycles. The van der Waals surface area contributed by atoms with Gasteiger partial charge in [0.05, 0.1) is 11.7 Å². The highest BCUT2D eigenvalue weighted by Crippen LogP contribution is 2.30. The monoisotopic (exact) mass is 370 g/mol. The number of rotatable bonds is 5.